The molecule has 2 atom stereocenters. The maximum Gasteiger partial charge on any atom is 0.228 e. The molecule has 2 aliphatic rings. The van der Waals surface area contributed by atoms with Crippen molar-refractivity contribution in [3.63, 3.8) is 0 Å². The zero-order valence-electron chi connectivity index (χ0n) is 19.3. The lowest BCUT2D eigenvalue weighted by Crippen LogP contribution is -2.43. The van der Waals surface area contributed by atoms with Gasteiger partial charge in [-0.1, -0.05) is 0 Å². The topological polar surface area (TPSA) is 95.0 Å². The molecule has 33 heavy (non-hydrogen) atoms. The Kier molecular flexibility index (Phi) is 4.69. The predicted molar refractivity (Wildman–Crippen MR) is 123 cm³/mol. The summed E-state index contributed by atoms with van der Waals surface area (Å²) in [6.07, 6.45) is 6.38. The number of morpholine rings is 1. The summed E-state index contributed by atoms with van der Waals surface area (Å²) in [7, 11) is 0. The van der Waals surface area contributed by atoms with Crippen LogP contribution in [0.2, 0.25) is 0 Å². The lowest BCUT2D eigenvalue weighted by atomic mass is 10.1. The van der Waals surface area contributed by atoms with Gasteiger partial charge in [-0.2, -0.15) is 10.1 Å². The first-order valence-electron chi connectivity index (χ1n) is 11.5. The molecule has 1 aliphatic carbocycles. The van der Waals surface area contributed by atoms with Gasteiger partial charge in [0.25, 0.3) is 0 Å². The maximum atomic E-state index is 6.28. The molecule has 9 nitrogen and oxygen atoms in total. The molecule has 1 saturated carbocycles. The maximum absolute atomic E-state index is 6.28. The first-order valence-corrected chi connectivity index (χ1v) is 11.5. The van der Waals surface area contributed by atoms with E-state index in [4.69, 9.17) is 29.1 Å². The molecule has 0 radical (unpaired) electrons. The number of anilines is 1. The van der Waals surface area contributed by atoms with E-state index in [2.05, 4.69) is 27.8 Å². The Balaban J connectivity index is 1.41. The zero-order valence-corrected chi connectivity index (χ0v) is 19.3. The van der Waals surface area contributed by atoms with Crippen molar-refractivity contribution in [3.05, 3.63) is 47.2 Å². The normalized spacial score (nSPS) is 21.2. The molecule has 9 heteroatoms. The van der Waals surface area contributed by atoms with Crippen LogP contribution >= 0.6 is 0 Å². The van der Waals surface area contributed by atoms with Gasteiger partial charge in [-0.05, 0) is 52.7 Å². The van der Waals surface area contributed by atoms with Crippen LogP contribution in [0.1, 0.15) is 54.6 Å². The minimum Gasteiger partial charge on any atom is -0.460 e. The Morgan fingerprint density at radius 2 is 1.79 bits per heavy atom. The number of ether oxygens (including phenoxy) is 1. The second kappa shape index (κ2) is 7.62. The Bertz CT molecular complexity index is 1340. The zero-order chi connectivity index (χ0) is 22.7. The largest absolute Gasteiger partial charge is 0.460 e. The van der Waals surface area contributed by atoms with Gasteiger partial charge in [-0.15, -0.1) is 0 Å². The molecule has 5 heterocycles. The molecule has 2 fully saturated rings. The first kappa shape index (κ1) is 20.3. The predicted octanol–water partition coefficient (Wildman–Crippen LogP) is 4.10. The smallest absolute Gasteiger partial charge is 0.228 e. The van der Waals surface area contributed by atoms with Gasteiger partial charge in [0, 0.05) is 18.3 Å². The molecule has 0 amide bonds. The highest BCUT2D eigenvalue weighted by Crippen LogP contribution is 2.36. The van der Waals surface area contributed by atoms with Crippen LogP contribution in [-0.4, -0.2) is 48.9 Å². The van der Waals surface area contributed by atoms with Crippen LogP contribution in [-0.2, 0) is 4.74 Å². The highest BCUT2D eigenvalue weighted by Gasteiger charge is 2.31. The monoisotopic (exact) mass is 445 g/mol. The van der Waals surface area contributed by atoms with Gasteiger partial charge in [0.15, 0.2) is 11.4 Å². The number of hydrogen-bond donors (Lipinski definition) is 0. The Labute approximate surface area is 191 Å². The highest BCUT2D eigenvalue weighted by molar-refractivity contribution is 5.86. The number of aryl methyl sites for hydroxylation is 3. The Hall–Kier alpha value is -3.33. The van der Waals surface area contributed by atoms with Gasteiger partial charge in [0.1, 0.15) is 23.1 Å². The second-order valence-electron chi connectivity index (χ2n) is 9.17. The van der Waals surface area contributed by atoms with Crippen LogP contribution in [0.5, 0.6) is 0 Å². The van der Waals surface area contributed by atoms with E-state index < -0.39 is 0 Å². The van der Waals surface area contributed by atoms with Crippen LogP contribution in [0.3, 0.4) is 0 Å². The lowest BCUT2D eigenvalue weighted by molar-refractivity contribution is -0.0178. The third-order valence-electron chi connectivity index (χ3n) is 6.36. The molecule has 4 aromatic rings. The number of hydrogen-bond acceptors (Lipinski definition) is 8. The number of furan rings is 1. The summed E-state index contributed by atoms with van der Waals surface area (Å²) in [6.45, 7) is 9.23. The summed E-state index contributed by atoms with van der Waals surface area (Å²) in [5.41, 5.74) is 4.69. The van der Waals surface area contributed by atoms with Crippen molar-refractivity contribution in [3.8, 4) is 11.5 Å². The molecule has 0 aromatic carbocycles. The number of rotatable bonds is 4. The van der Waals surface area contributed by atoms with Gasteiger partial charge in [-0.3, -0.25) is 4.68 Å². The van der Waals surface area contributed by atoms with Gasteiger partial charge in [0.05, 0.1) is 36.3 Å². The summed E-state index contributed by atoms with van der Waals surface area (Å²) < 4.78 is 14.3. The third-order valence-corrected chi connectivity index (χ3v) is 6.36. The minimum atomic E-state index is -0.0966. The van der Waals surface area contributed by atoms with Crippen molar-refractivity contribution in [2.75, 3.05) is 18.0 Å². The molecule has 4 aromatic heterocycles. The molecular formula is C24H27N7O2. The van der Waals surface area contributed by atoms with Crippen molar-refractivity contribution in [2.45, 2.75) is 58.8 Å². The summed E-state index contributed by atoms with van der Waals surface area (Å²) in [6, 6.07) is 4.40. The van der Waals surface area contributed by atoms with Gasteiger partial charge < -0.3 is 14.1 Å². The fraction of sp³-hybridized carbons (Fsp3) is 0.458. The molecule has 6 rings (SSSR count). The average molecular weight is 446 g/mol. The van der Waals surface area contributed by atoms with Gasteiger partial charge in [-0.25, -0.2) is 15.0 Å². The Morgan fingerprint density at radius 1 is 0.970 bits per heavy atom. The Morgan fingerprint density at radius 3 is 2.55 bits per heavy atom. The van der Waals surface area contributed by atoms with E-state index in [1.807, 2.05) is 39.1 Å². The van der Waals surface area contributed by atoms with Crippen LogP contribution in [0.4, 0.5) is 5.95 Å². The van der Waals surface area contributed by atoms with Crippen LogP contribution in [0, 0.1) is 20.8 Å². The fourth-order valence-corrected chi connectivity index (χ4v) is 4.33. The van der Waals surface area contributed by atoms with E-state index >= 15 is 0 Å². The van der Waals surface area contributed by atoms with E-state index in [9.17, 15) is 0 Å². The molecule has 0 spiro atoms. The summed E-state index contributed by atoms with van der Waals surface area (Å²) in [5.74, 6) is 2.10. The third kappa shape index (κ3) is 3.76. The standard InChI is InChI=1S/C24H27N7O2/c1-13-5-8-19(32-13)21-22-23(27-16(4)15(3)26-22)29-24(28-21)30-10-14(2)33-20(12-30)17-9-25-31(11-17)18-6-7-18/h5,8-9,11,14,18,20H,6-7,10,12H2,1-4H3/t14-,20-/m0/s1. The van der Waals surface area contributed by atoms with Gasteiger partial charge >= 0.3 is 0 Å². The van der Waals surface area contributed by atoms with Crippen LogP contribution in [0.25, 0.3) is 22.6 Å². The van der Waals surface area contributed by atoms with Crippen LogP contribution in [0.15, 0.2) is 28.9 Å². The summed E-state index contributed by atoms with van der Waals surface area (Å²) >= 11 is 0. The minimum absolute atomic E-state index is 0.0208. The molecule has 0 bridgehead atoms. The molecule has 170 valence electrons. The molecule has 0 N–H and O–H groups in total. The van der Waals surface area contributed by atoms with E-state index in [0.717, 1.165) is 22.7 Å². The molecule has 1 saturated heterocycles. The summed E-state index contributed by atoms with van der Waals surface area (Å²) in [4.78, 5) is 21.4. The molecular weight excluding hydrogens is 418 g/mol. The number of fused-ring (bicyclic) bond motifs is 1. The quantitative estimate of drug-likeness (QED) is 0.463. The number of nitrogens with zero attached hydrogens (tertiary/aromatic N) is 7. The fourth-order valence-electron chi connectivity index (χ4n) is 4.33. The van der Waals surface area contributed by atoms with Crippen molar-refractivity contribution >= 4 is 17.1 Å². The first-order chi connectivity index (χ1) is 15.9. The van der Waals surface area contributed by atoms with E-state index in [-0.39, 0.29) is 12.2 Å². The molecule has 0 unspecified atom stereocenters. The SMILES string of the molecule is Cc1ccc(-c2nc(N3C[C@@H](c4cnn(C5CC5)c4)O[C@@H](C)C3)nc3nc(C)c(C)nc23)o1. The summed E-state index contributed by atoms with van der Waals surface area (Å²) in [5, 5.41) is 4.55. The van der Waals surface area contributed by atoms with E-state index in [1.165, 1.54) is 12.8 Å². The number of aromatic nitrogens is 6. The highest BCUT2D eigenvalue weighted by atomic mass is 16.5. The van der Waals surface area contributed by atoms with E-state index in [0.29, 0.717) is 47.7 Å². The van der Waals surface area contributed by atoms with Crippen LogP contribution < -0.4 is 4.90 Å². The molecule has 1 aliphatic heterocycles. The second-order valence-corrected chi connectivity index (χ2v) is 9.17. The van der Waals surface area contributed by atoms with E-state index in [1.54, 1.807) is 0 Å². The average Bonchev–Trinajstić information content (AvgIpc) is 3.35. The lowest BCUT2D eigenvalue weighted by Gasteiger charge is -2.36. The van der Waals surface area contributed by atoms with Gasteiger partial charge in [0.2, 0.25) is 5.95 Å². The van der Waals surface area contributed by atoms with Crippen molar-refractivity contribution in [1.82, 2.24) is 29.7 Å². The van der Waals surface area contributed by atoms with Crippen molar-refractivity contribution in [2.24, 2.45) is 0 Å². The van der Waals surface area contributed by atoms with Crippen molar-refractivity contribution in [1.29, 1.82) is 0 Å². The van der Waals surface area contributed by atoms with Crippen molar-refractivity contribution < 1.29 is 9.15 Å².